The number of halogens is 2. The molecule has 17 heavy (non-hydrogen) atoms. The van der Waals surface area contributed by atoms with Gasteiger partial charge < -0.3 is 11.1 Å². The number of nitrogens with one attached hydrogen (secondary N) is 1. The van der Waals surface area contributed by atoms with Crippen molar-refractivity contribution in [1.82, 2.24) is 5.32 Å². The fraction of sp³-hybridized carbons (Fsp3) is 0.250. The number of benzene rings is 1. The summed E-state index contributed by atoms with van der Waals surface area (Å²) in [4.78, 5) is 4.12. The van der Waals surface area contributed by atoms with E-state index in [1.165, 1.54) is 6.07 Å². The fourth-order valence-corrected chi connectivity index (χ4v) is 1.21. The molecule has 0 aliphatic heterocycles. The number of guanidine groups is 1. The van der Waals surface area contributed by atoms with E-state index >= 15 is 0 Å². The molecular weight excluding hydrogens is 332 g/mol. The van der Waals surface area contributed by atoms with Crippen molar-refractivity contribution in [2.75, 3.05) is 6.54 Å². The van der Waals surface area contributed by atoms with E-state index in [4.69, 9.17) is 5.73 Å². The first-order chi connectivity index (χ1) is 7.63. The Morgan fingerprint density at radius 3 is 2.88 bits per heavy atom. The van der Waals surface area contributed by atoms with Crippen LogP contribution in [-0.2, 0) is 6.54 Å². The van der Waals surface area contributed by atoms with Crippen LogP contribution in [0.1, 0.15) is 11.1 Å². The van der Waals surface area contributed by atoms with Crippen LogP contribution >= 0.6 is 24.0 Å². The predicted molar refractivity (Wildman–Crippen MR) is 80.1 cm³/mol. The first-order valence-corrected chi connectivity index (χ1v) is 5.03. The lowest BCUT2D eigenvalue weighted by Gasteiger charge is -2.03. The third-order valence-electron chi connectivity index (χ3n) is 2.08. The molecule has 0 heterocycles. The summed E-state index contributed by atoms with van der Waals surface area (Å²) in [5.41, 5.74) is 7.14. The maximum absolute atomic E-state index is 13.0. The van der Waals surface area contributed by atoms with E-state index in [0.717, 1.165) is 5.56 Å². The molecule has 0 amide bonds. The molecule has 0 aromatic heterocycles. The van der Waals surface area contributed by atoms with Gasteiger partial charge in [0.1, 0.15) is 5.82 Å². The standard InChI is InChI=1S/C12H16FN3.HI/c1-3-6-15-12(14)16-8-10-4-5-11(13)9(2)7-10;/h3-5,7H,1,6,8H2,2H3,(H3,14,15,16);1H. The molecule has 3 nitrogen and oxygen atoms in total. The van der Waals surface area contributed by atoms with Gasteiger partial charge in [0.15, 0.2) is 5.96 Å². The number of nitrogens with two attached hydrogens (primary N) is 1. The van der Waals surface area contributed by atoms with Gasteiger partial charge in [0.2, 0.25) is 0 Å². The number of aryl methyl sites for hydroxylation is 1. The largest absolute Gasteiger partial charge is 0.370 e. The smallest absolute Gasteiger partial charge is 0.189 e. The van der Waals surface area contributed by atoms with Gasteiger partial charge in [0.05, 0.1) is 6.54 Å². The van der Waals surface area contributed by atoms with Crippen molar-refractivity contribution in [1.29, 1.82) is 0 Å². The third kappa shape index (κ3) is 5.67. The van der Waals surface area contributed by atoms with Gasteiger partial charge in [0, 0.05) is 6.54 Å². The summed E-state index contributed by atoms with van der Waals surface area (Å²) in [7, 11) is 0. The highest BCUT2D eigenvalue weighted by atomic mass is 127. The second-order valence-electron chi connectivity index (χ2n) is 3.45. The van der Waals surface area contributed by atoms with Crippen molar-refractivity contribution in [3.05, 3.63) is 47.8 Å². The van der Waals surface area contributed by atoms with Crippen LogP contribution in [0, 0.1) is 12.7 Å². The van der Waals surface area contributed by atoms with Gasteiger partial charge >= 0.3 is 0 Å². The second-order valence-corrected chi connectivity index (χ2v) is 3.45. The summed E-state index contributed by atoms with van der Waals surface area (Å²) in [5, 5.41) is 2.86. The van der Waals surface area contributed by atoms with Crippen LogP contribution in [0.5, 0.6) is 0 Å². The minimum Gasteiger partial charge on any atom is -0.370 e. The Bertz CT molecular complexity index is 405. The molecule has 0 spiro atoms. The van der Waals surface area contributed by atoms with Crippen LogP contribution < -0.4 is 11.1 Å². The normalized spacial score (nSPS) is 10.6. The van der Waals surface area contributed by atoms with Crippen molar-refractivity contribution >= 4 is 29.9 Å². The highest BCUT2D eigenvalue weighted by Gasteiger charge is 1.98. The van der Waals surface area contributed by atoms with Crippen molar-refractivity contribution in [3.63, 3.8) is 0 Å². The summed E-state index contributed by atoms with van der Waals surface area (Å²) in [5.74, 6) is 0.160. The summed E-state index contributed by atoms with van der Waals surface area (Å²) in [6, 6.07) is 4.90. The minimum absolute atomic E-state index is 0. The molecule has 0 bridgehead atoms. The van der Waals surface area contributed by atoms with E-state index in [2.05, 4.69) is 16.9 Å². The molecule has 0 saturated carbocycles. The van der Waals surface area contributed by atoms with Gasteiger partial charge in [-0.25, -0.2) is 9.38 Å². The lowest BCUT2D eigenvalue weighted by molar-refractivity contribution is 0.617. The molecule has 0 atom stereocenters. The SMILES string of the molecule is C=CCNC(N)=NCc1ccc(F)c(C)c1.I. The molecule has 0 aliphatic rings. The van der Waals surface area contributed by atoms with E-state index < -0.39 is 0 Å². The van der Waals surface area contributed by atoms with Gasteiger partial charge in [-0.15, -0.1) is 30.6 Å². The average Bonchev–Trinajstić information content (AvgIpc) is 2.28. The van der Waals surface area contributed by atoms with Crippen LogP contribution in [0.15, 0.2) is 35.8 Å². The average molecular weight is 349 g/mol. The maximum atomic E-state index is 13.0. The van der Waals surface area contributed by atoms with E-state index in [9.17, 15) is 4.39 Å². The first kappa shape index (κ1) is 15.9. The molecule has 0 saturated heterocycles. The molecule has 1 rings (SSSR count). The Kier molecular flexibility index (Phi) is 7.53. The molecule has 1 aromatic rings. The third-order valence-corrected chi connectivity index (χ3v) is 2.08. The Morgan fingerprint density at radius 1 is 1.59 bits per heavy atom. The molecule has 0 aliphatic carbocycles. The number of hydrogen-bond donors (Lipinski definition) is 2. The second kappa shape index (κ2) is 8.05. The Balaban J connectivity index is 0.00000256. The Hall–Kier alpha value is -1.11. The highest BCUT2D eigenvalue weighted by molar-refractivity contribution is 14.0. The van der Waals surface area contributed by atoms with Gasteiger partial charge in [-0.05, 0) is 24.1 Å². The van der Waals surface area contributed by atoms with E-state index in [0.29, 0.717) is 24.6 Å². The Morgan fingerprint density at radius 2 is 2.29 bits per heavy atom. The topological polar surface area (TPSA) is 50.4 Å². The van der Waals surface area contributed by atoms with Crippen molar-refractivity contribution in [2.24, 2.45) is 10.7 Å². The van der Waals surface area contributed by atoms with Crippen LogP contribution in [0.3, 0.4) is 0 Å². The summed E-state index contributed by atoms with van der Waals surface area (Å²) < 4.78 is 13.0. The van der Waals surface area contributed by atoms with Gasteiger partial charge in [-0.2, -0.15) is 0 Å². The van der Waals surface area contributed by atoms with Crippen LogP contribution in [0.25, 0.3) is 0 Å². The zero-order valence-electron chi connectivity index (χ0n) is 9.74. The predicted octanol–water partition coefficient (Wildman–Crippen LogP) is 2.34. The van der Waals surface area contributed by atoms with E-state index in [-0.39, 0.29) is 29.8 Å². The zero-order chi connectivity index (χ0) is 12.0. The molecule has 0 radical (unpaired) electrons. The monoisotopic (exact) mass is 349 g/mol. The van der Waals surface area contributed by atoms with Crippen LogP contribution in [-0.4, -0.2) is 12.5 Å². The quantitative estimate of drug-likeness (QED) is 0.379. The van der Waals surface area contributed by atoms with E-state index in [1.54, 1.807) is 25.1 Å². The van der Waals surface area contributed by atoms with Crippen molar-refractivity contribution in [3.8, 4) is 0 Å². The van der Waals surface area contributed by atoms with Gasteiger partial charge in [-0.3, -0.25) is 0 Å². The molecule has 0 fully saturated rings. The lowest BCUT2D eigenvalue weighted by Crippen LogP contribution is -2.31. The maximum Gasteiger partial charge on any atom is 0.189 e. The van der Waals surface area contributed by atoms with Gasteiger partial charge in [-0.1, -0.05) is 18.2 Å². The first-order valence-electron chi connectivity index (χ1n) is 5.03. The number of aliphatic imine (C=N–C) groups is 1. The number of hydrogen-bond acceptors (Lipinski definition) is 1. The molecule has 1 aromatic carbocycles. The van der Waals surface area contributed by atoms with Crippen LogP contribution in [0.2, 0.25) is 0 Å². The van der Waals surface area contributed by atoms with Crippen molar-refractivity contribution < 1.29 is 4.39 Å². The van der Waals surface area contributed by atoms with Crippen LogP contribution in [0.4, 0.5) is 4.39 Å². The lowest BCUT2D eigenvalue weighted by atomic mass is 10.1. The highest BCUT2D eigenvalue weighted by Crippen LogP contribution is 2.09. The summed E-state index contributed by atoms with van der Waals surface area (Å²) in [6.45, 7) is 6.30. The minimum atomic E-state index is -0.203. The summed E-state index contributed by atoms with van der Waals surface area (Å²) >= 11 is 0. The Labute approximate surface area is 118 Å². The molecule has 3 N–H and O–H groups in total. The molecule has 94 valence electrons. The molecule has 5 heteroatoms. The van der Waals surface area contributed by atoms with Gasteiger partial charge in [0.25, 0.3) is 0 Å². The molecular formula is C12H17FIN3. The fourth-order valence-electron chi connectivity index (χ4n) is 1.21. The number of rotatable bonds is 4. The van der Waals surface area contributed by atoms with Crippen molar-refractivity contribution in [2.45, 2.75) is 13.5 Å². The van der Waals surface area contributed by atoms with E-state index in [1.807, 2.05) is 0 Å². The number of nitrogens with zero attached hydrogens (tertiary/aromatic N) is 1. The summed E-state index contributed by atoms with van der Waals surface area (Å²) in [6.07, 6.45) is 1.70. The zero-order valence-corrected chi connectivity index (χ0v) is 12.1. The molecule has 0 unspecified atom stereocenters.